The molecule has 5 aromatic heterocycles. The van der Waals surface area contributed by atoms with Gasteiger partial charge in [0.1, 0.15) is 53.4 Å². The van der Waals surface area contributed by atoms with E-state index in [-0.39, 0.29) is 113 Å². The lowest BCUT2D eigenvalue weighted by atomic mass is 9.82. The van der Waals surface area contributed by atoms with Gasteiger partial charge in [0.15, 0.2) is 0 Å². The van der Waals surface area contributed by atoms with Gasteiger partial charge in [-0.3, -0.25) is 63.1 Å². The van der Waals surface area contributed by atoms with Crippen molar-refractivity contribution in [2.45, 2.75) is 189 Å². The number of rotatable bonds is 28. The molecule has 3 saturated heterocycles. The summed E-state index contributed by atoms with van der Waals surface area (Å²) in [5.74, 6) is -6.25. The molecule has 0 radical (unpaired) electrons. The summed E-state index contributed by atoms with van der Waals surface area (Å²) in [5.41, 5.74) is 21.4. The predicted octanol–water partition coefficient (Wildman–Crippen LogP) is 9.14. The van der Waals surface area contributed by atoms with Gasteiger partial charge in [0, 0.05) is 163 Å². The number of phenolic OH excluding ortho intramolecular Hbond substituents is 2. The van der Waals surface area contributed by atoms with Gasteiger partial charge in [0.05, 0.1) is 72.6 Å². The van der Waals surface area contributed by atoms with Gasteiger partial charge in [0.25, 0.3) is 24.2 Å². The molecule has 10 heterocycles. The highest BCUT2D eigenvalue weighted by Gasteiger charge is 2.46. The van der Waals surface area contributed by atoms with E-state index in [9.17, 15) is 34.2 Å². The average Bonchev–Trinajstić information content (AvgIpc) is 1.59. The first kappa shape index (κ1) is 93.6. The standard InChI is InChI=1S/C95H124N18O15/c1-18-78(117)108-34-29-62(46-108)89(120)106(14)82(54(3)4)87(118)101-73-40-59-36-64(43-66(116)38-59)109-48-71(81-76(49-109)111(85(103-81)68-24-21-31-98-80(68)57(8)126-17)50-95(11,12)52-128-93(124)72-25-22-33-112(104-72)90(73)121)61-28-32-100-113(47-61)91(122)74(102-88(119)83(55(5)6)107(15)92(123)86-99-45-77(96)105(86)13)39-58-35-63(41-65(115)37-58)60-26-27-75-69(42-60)70(44-94(9,10)51-127-53-114)84(110(75)19-2)67-23-20-30-97-79(67)56(7)125-16/h18,20-21,23-24,26-27,30-31,35-38,41-43,45,53-57,61-62,71-74,82-83,100,104,115-116H,1,19,22,25,28-29,32-34,39-40,44,46-52,96H2,2-17H3,(H,101,118)(H,102,119)/t56-,57-,61?,62-,71?,72-,73-,74-,82-,83-/m0/s1. The summed E-state index contributed by atoms with van der Waals surface area (Å²) in [4.78, 5) is 157. The van der Waals surface area contributed by atoms with Gasteiger partial charge in [0.2, 0.25) is 29.5 Å². The zero-order chi connectivity index (χ0) is 92.2. The van der Waals surface area contributed by atoms with E-state index in [1.54, 1.807) is 97.6 Å². The number of imidazole rings is 2. The van der Waals surface area contributed by atoms with Crippen LogP contribution in [0.3, 0.4) is 0 Å². The van der Waals surface area contributed by atoms with Crippen LogP contribution in [0, 0.1) is 34.5 Å². The van der Waals surface area contributed by atoms with Gasteiger partial charge in [-0.1, -0.05) is 74.1 Å². The quantitative estimate of drug-likeness (QED) is 0.0136. The molecule has 0 saturated carbocycles. The molecule has 3 fully saturated rings. The number of nitrogen functional groups attached to an aromatic ring is 1. The zero-order valence-corrected chi connectivity index (χ0v) is 76.3. The molecule has 10 atom stereocenters. The maximum Gasteiger partial charge on any atom is 0.324 e. The van der Waals surface area contributed by atoms with Gasteiger partial charge in [-0.05, 0) is 165 Å². The Labute approximate surface area is 747 Å². The first-order valence-corrected chi connectivity index (χ1v) is 44.3. The largest absolute Gasteiger partial charge is 0.508 e. The van der Waals surface area contributed by atoms with E-state index >= 15 is 19.2 Å². The van der Waals surface area contributed by atoms with E-state index in [1.807, 2.05) is 90.1 Å². The van der Waals surface area contributed by atoms with Crippen LogP contribution < -0.4 is 32.1 Å². The van der Waals surface area contributed by atoms with Crippen molar-refractivity contribution in [3.05, 3.63) is 155 Å². The third-order valence-corrected chi connectivity index (χ3v) is 25.8. The highest BCUT2D eigenvalue weighted by Crippen LogP contribution is 2.46. The summed E-state index contributed by atoms with van der Waals surface area (Å²) >= 11 is 0. The van der Waals surface area contributed by atoms with Crippen molar-refractivity contribution in [3.63, 3.8) is 0 Å². The second-order valence-corrected chi connectivity index (χ2v) is 37.1. The molecule has 33 nitrogen and oxygen atoms in total. The van der Waals surface area contributed by atoms with Gasteiger partial charge in [-0.25, -0.2) is 20.8 Å². The van der Waals surface area contributed by atoms with Crippen LogP contribution in [0.15, 0.2) is 110 Å². The number of nitrogens with two attached hydrogens (primary N) is 1. The summed E-state index contributed by atoms with van der Waals surface area (Å²) in [6, 6.07) is 18.1. The number of phenols is 2. The Bertz CT molecular complexity index is 5500. The first-order valence-electron chi connectivity index (χ1n) is 44.3. The van der Waals surface area contributed by atoms with Crippen molar-refractivity contribution in [1.82, 2.24) is 79.8 Å². The molecule has 13 rings (SSSR count). The molecule has 0 spiro atoms. The lowest BCUT2D eigenvalue weighted by Crippen LogP contribution is -2.62. The first-order chi connectivity index (χ1) is 61.0. The molecule has 6 bridgehead atoms. The summed E-state index contributed by atoms with van der Waals surface area (Å²) in [5, 5.41) is 34.3. The molecule has 8 aromatic rings. The number of aryl methyl sites for hydroxylation is 1. The highest BCUT2D eigenvalue weighted by molar-refractivity contribution is 5.99. The number of ether oxygens (including phenoxy) is 4. The van der Waals surface area contributed by atoms with Crippen molar-refractivity contribution in [2.24, 2.45) is 41.5 Å². The fourth-order valence-corrected chi connectivity index (χ4v) is 19.2. The summed E-state index contributed by atoms with van der Waals surface area (Å²) in [7, 11) is 7.91. The Morgan fingerprint density at radius 3 is 2.20 bits per heavy atom. The number of carbonyl (C=O) groups excluding carboxylic acids is 9. The SMILES string of the molecule is C=CC(=O)N1CC[C@H](C(=O)N(C)[C@H](C(=O)N[C@H]2Cc3cc(O)cc(c3)N3Cc4c(nc(-c5cccnc5[C@H](C)OC)n4CC(C)(C)COC(=O)[C@@H]4CCCN(N4)C2=O)C(C2CCNN(C(=O)[C@H](Cc4cc(O)cc(-c5ccc6c(c5)c(CC(C)(C)COC=O)c(-c5cccnc5[C@H](C)OC)n6CC)c4)NC(=O)[C@H](C(C)C)N(C)C(=O)c4ncc(N)n4C)C2)C3)C(C)C)C1. The number of likely N-dealkylation sites (N-methyl/N-ethyl adjacent to an activating group) is 2. The zero-order valence-electron chi connectivity index (χ0n) is 76.3. The van der Waals surface area contributed by atoms with Crippen molar-refractivity contribution in [1.29, 1.82) is 0 Å². The number of aromatic nitrogens is 7. The maximum absolute atomic E-state index is 16.5. The third kappa shape index (κ3) is 19.9. The summed E-state index contributed by atoms with van der Waals surface area (Å²) in [6.45, 7) is 27.5. The van der Waals surface area contributed by atoms with E-state index < -0.39 is 112 Å². The molecular weight excluding hydrogens is 1630 g/mol. The number of benzene rings is 3. The van der Waals surface area contributed by atoms with E-state index in [4.69, 9.17) is 39.6 Å². The lowest BCUT2D eigenvalue weighted by Gasteiger charge is -2.43. The number of nitrogens with one attached hydrogen (secondary N) is 4. The van der Waals surface area contributed by atoms with E-state index in [2.05, 4.69) is 60.1 Å². The van der Waals surface area contributed by atoms with Crippen LogP contribution in [0.2, 0.25) is 0 Å². The van der Waals surface area contributed by atoms with Crippen molar-refractivity contribution >= 4 is 76.2 Å². The molecule has 684 valence electrons. The number of cyclic esters (lactones) is 1. The smallest absolute Gasteiger partial charge is 0.324 e. The normalized spacial score (nSPS) is 19.8. The van der Waals surface area contributed by atoms with Crippen LogP contribution in [-0.2, 0) is 103 Å². The Morgan fingerprint density at radius 1 is 0.828 bits per heavy atom. The van der Waals surface area contributed by atoms with Crippen molar-refractivity contribution < 1.29 is 72.3 Å². The fraction of sp³-hybridized carbons (Fsp3) is 0.505. The molecule has 128 heavy (non-hydrogen) atoms. The van der Waals surface area contributed by atoms with Crippen LogP contribution in [0.4, 0.5) is 11.5 Å². The van der Waals surface area contributed by atoms with Gasteiger partial charge in [-0.2, -0.15) is 0 Å². The minimum Gasteiger partial charge on any atom is -0.508 e. The fourth-order valence-electron chi connectivity index (χ4n) is 19.2. The Morgan fingerprint density at radius 2 is 1.52 bits per heavy atom. The van der Waals surface area contributed by atoms with Crippen LogP contribution in [0.25, 0.3) is 44.7 Å². The number of amides is 7. The number of esters is 1. The monoisotopic (exact) mass is 1760 g/mol. The van der Waals surface area contributed by atoms with Gasteiger partial charge >= 0.3 is 5.97 Å². The highest BCUT2D eigenvalue weighted by atomic mass is 16.5. The molecular formula is C95H124N18O15. The number of aromatic hydroxyl groups is 2. The molecule has 3 aromatic carbocycles. The Hall–Kier alpha value is -12.1. The number of hydrogen-bond acceptors (Lipinski definition) is 23. The van der Waals surface area contributed by atoms with Crippen LogP contribution >= 0.6 is 0 Å². The Balaban J connectivity index is 0.902. The molecule has 5 aliphatic rings. The second-order valence-electron chi connectivity index (χ2n) is 37.1. The topological polar surface area (TPSA) is 391 Å². The second kappa shape index (κ2) is 39.3. The Kier molecular flexibility index (Phi) is 28.7. The molecule has 2 unspecified atom stereocenters. The summed E-state index contributed by atoms with van der Waals surface area (Å²) < 4.78 is 29.5. The minimum atomic E-state index is -1.38. The van der Waals surface area contributed by atoms with Crippen molar-refractivity contribution in [2.75, 3.05) is 91.4 Å². The number of likely N-dealkylation sites (tertiary alicyclic amines) is 1. The molecule has 0 aliphatic carbocycles. The number of methoxy groups -OCH3 is 2. The van der Waals surface area contributed by atoms with Crippen LogP contribution in [0.5, 0.6) is 11.5 Å². The molecule has 7 amide bonds. The molecule has 5 aliphatic heterocycles. The number of pyridine rings is 2. The number of hydrazine groups is 2. The van der Waals surface area contributed by atoms with Gasteiger partial charge in [-0.15, -0.1) is 0 Å². The predicted molar refractivity (Wildman–Crippen MR) is 482 cm³/mol. The number of carbonyl (C=O) groups is 9. The van der Waals surface area contributed by atoms with E-state index in [0.717, 1.165) is 44.7 Å². The van der Waals surface area contributed by atoms with Gasteiger partial charge < -0.3 is 78.8 Å². The van der Waals surface area contributed by atoms with E-state index in [0.29, 0.717) is 96.8 Å². The lowest BCUT2D eigenvalue weighted by molar-refractivity contribution is -0.156. The maximum atomic E-state index is 16.5. The number of fused-ring (bicyclic) bond motifs is 7. The number of anilines is 2. The van der Waals surface area contributed by atoms with Crippen molar-refractivity contribution in [3.8, 4) is 45.3 Å². The summed E-state index contributed by atoms with van der Waals surface area (Å²) in [6.07, 6.45) is 6.86. The minimum absolute atomic E-state index is 0.00768. The number of nitrogens with zero attached hydrogens (tertiary/aromatic N) is 13. The number of hydrogen-bond donors (Lipinski definition) is 7. The van der Waals surface area contributed by atoms with Crippen LogP contribution in [0.1, 0.15) is 170 Å². The molecule has 33 heteroatoms. The van der Waals surface area contributed by atoms with E-state index in [1.165, 1.54) is 43.7 Å². The average molecular weight is 1760 g/mol. The molecule has 8 N–H and O–H groups in total. The third-order valence-electron chi connectivity index (χ3n) is 25.8. The van der Waals surface area contributed by atoms with Crippen LogP contribution in [-0.4, -0.2) is 233 Å².